The molecule has 0 radical (unpaired) electrons. The minimum Gasteiger partial charge on any atom is -0.300 e. The lowest BCUT2D eigenvalue weighted by atomic mass is 10.0. The van der Waals surface area contributed by atoms with Gasteiger partial charge in [-0.05, 0) is 27.2 Å². The van der Waals surface area contributed by atoms with E-state index in [1.54, 1.807) is 0 Å². The first-order valence-corrected chi connectivity index (χ1v) is 6.47. The molecule has 1 saturated carbocycles. The average molecular weight is 224 g/mol. The number of piperazine rings is 1. The highest BCUT2D eigenvalue weighted by molar-refractivity contribution is 5.81. The van der Waals surface area contributed by atoms with Gasteiger partial charge in [-0.25, -0.2) is 0 Å². The van der Waals surface area contributed by atoms with Crippen molar-refractivity contribution in [3.63, 3.8) is 0 Å². The number of carbonyl (C=O) groups is 1. The van der Waals surface area contributed by atoms with Crippen LogP contribution in [0.5, 0.6) is 0 Å². The standard InChI is InChI=1S/C13H24N2O/c1-13(2,3)15-8-6-14(7-9-15)11-4-5-12(16)10-11/h11H,4-10H2,1-3H3. The van der Waals surface area contributed by atoms with E-state index in [2.05, 4.69) is 30.6 Å². The van der Waals surface area contributed by atoms with Crippen molar-refractivity contribution < 1.29 is 4.79 Å². The van der Waals surface area contributed by atoms with Crippen LogP contribution in [0.25, 0.3) is 0 Å². The van der Waals surface area contributed by atoms with Crippen molar-refractivity contribution >= 4 is 5.78 Å². The lowest BCUT2D eigenvalue weighted by Gasteiger charge is -2.43. The molecule has 2 rings (SSSR count). The predicted molar refractivity (Wildman–Crippen MR) is 65.5 cm³/mol. The number of carbonyl (C=O) groups excluding carboxylic acids is 1. The first-order valence-electron chi connectivity index (χ1n) is 6.47. The van der Waals surface area contributed by atoms with Crippen molar-refractivity contribution in [2.24, 2.45) is 0 Å². The van der Waals surface area contributed by atoms with Crippen LogP contribution in [-0.4, -0.2) is 53.3 Å². The molecule has 1 unspecified atom stereocenters. The first-order chi connectivity index (χ1) is 7.47. The van der Waals surface area contributed by atoms with Crippen molar-refractivity contribution in [1.29, 1.82) is 0 Å². The maximum absolute atomic E-state index is 11.3. The Balaban J connectivity index is 1.83. The smallest absolute Gasteiger partial charge is 0.134 e. The van der Waals surface area contributed by atoms with E-state index in [9.17, 15) is 4.79 Å². The van der Waals surface area contributed by atoms with Gasteiger partial charge in [0.2, 0.25) is 0 Å². The van der Waals surface area contributed by atoms with E-state index in [-0.39, 0.29) is 5.54 Å². The lowest BCUT2D eigenvalue weighted by Crippen LogP contribution is -2.55. The molecule has 3 heteroatoms. The largest absolute Gasteiger partial charge is 0.300 e. The summed E-state index contributed by atoms with van der Waals surface area (Å²) >= 11 is 0. The van der Waals surface area contributed by atoms with Gasteiger partial charge in [0.05, 0.1) is 0 Å². The van der Waals surface area contributed by atoms with E-state index < -0.39 is 0 Å². The number of hydrogen-bond acceptors (Lipinski definition) is 3. The molecule has 16 heavy (non-hydrogen) atoms. The van der Waals surface area contributed by atoms with Gasteiger partial charge in [0.1, 0.15) is 5.78 Å². The molecule has 1 heterocycles. The Labute approximate surface area is 98.8 Å². The lowest BCUT2D eigenvalue weighted by molar-refractivity contribution is -0.117. The maximum atomic E-state index is 11.3. The normalized spacial score (nSPS) is 29.9. The molecule has 2 aliphatic rings. The molecule has 1 aliphatic heterocycles. The van der Waals surface area contributed by atoms with Crippen LogP contribution in [0.2, 0.25) is 0 Å². The Hall–Kier alpha value is -0.410. The summed E-state index contributed by atoms with van der Waals surface area (Å²) in [7, 11) is 0. The monoisotopic (exact) mass is 224 g/mol. The van der Waals surface area contributed by atoms with Crippen molar-refractivity contribution in [2.45, 2.75) is 51.6 Å². The third-order valence-electron chi connectivity index (χ3n) is 4.00. The van der Waals surface area contributed by atoms with Gasteiger partial charge in [-0.3, -0.25) is 14.6 Å². The highest BCUT2D eigenvalue weighted by atomic mass is 16.1. The van der Waals surface area contributed by atoms with Crippen LogP contribution in [0.1, 0.15) is 40.0 Å². The zero-order chi connectivity index (χ0) is 11.8. The van der Waals surface area contributed by atoms with Crippen molar-refractivity contribution in [2.75, 3.05) is 26.2 Å². The third-order valence-corrected chi connectivity index (χ3v) is 4.00. The van der Waals surface area contributed by atoms with E-state index in [0.29, 0.717) is 11.8 Å². The fourth-order valence-corrected chi connectivity index (χ4v) is 2.86. The van der Waals surface area contributed by atoms with Crippen LogP contribution >= 0.6 is 0 Å². The molecule has 2 fully saturated rings. The Morgan fingerprint density at radius 1 is 1.12 bits per heavy atom. The van der Waals surface area contributed by atoms with Gasteiger partial charge < -0.3 is 0 Å². The van der Waals surface area contributed by atoms with Crippen LogP contribution < -0.4 is 0 Å². The molecular weight excluding hydrogens is 200 g/mol. The van der Waals surface area contributed by atoms with E-state index in [4.69, 9.17) is 0 Å². The van der Waals surface area contributed by atoms with E-state index >= 15 is 0 Å². The van der Waals surface area contributed by atoms with Crippen LogP contribution in [0.4, 0.5) is 0 Å². The SMILES string of the molecule is CC(C)(C)N1CCN(C2CCC(=O)C2)CC1. The second kappa shape index (κ2) is 4.46. The molecule has 0 N–H and O–H groups in total. The summed E-state index contributed by atoms with van der Waals surface area (Å²) in [6, 6.07) is 0.551. The van der Waals surface area contributed by atoms with Gasteiger partial charge in [0.25, 0.3) is 0 Å². The maximum Gasteiger partial charge on any atom is 0.134 e. The molecule has 1 atom stereocenters. The first kappa shape index (κ1) is 12.1. The second-order valence-corrected chi connectivity index (χ2v) is 6.13. The minimum atomic E-state index is 0.289. The molecule has 92 valence electrons. The highest BCUT2D eigenvalue weighted by Gasteiger charge is 2.32. The Kier molecular flexibility index (Phi) is 3.36. The summed E-state index contributed by atoms with van der Waals surface area (Å²) in [4.78, 5) is 16.3. The summed E-state index contributed by atoms with van der Waals surface area (Å²) in [5.74, 6) is 0.461. The fraction of sp³-hybridized carbons (Fsp3) is 0.923. The summed E-state index contributed by atoms with van der Waals surface area (Å²) in [6.45, 7) is 11.4. The molecule has 0 aromatic carbocycles. The van der Waals surface area contributed by atoms with Crippen LogP contribution in [-0.2, 0) is 4.79 Å². The molecule has 0 spiro atoms. The zero-order valence-corrected chi connectivity index (χ0v) is 10.8. The third kappa shape index (κ3) is 2.64. The summed E-state index contributed by atoms with van der Waals surface area (Å²) < 4.78 is 0. The predicted octanol–water partition coefficient (Wildman–Crippen LogP) is 1.52. The Morgan fingerprint density at radius 3 is 2.19 bits per heavy atom. The summed E-state index contributed by atoms with van der Waals surface area (Å²) in [5, 5.41) is 0. The molecule has 0 amide bonds. The minimum absolute atomic E-state index is 0.289. The average Bonchev–Trinajstić information content (AvgIpc) is 2.64. The second-order valence-electron chi connectivity index (χ2n) is 6.13. The van der Waals surface area contributed by atoms with Crippen molar-refractivity contribution in [3.05, 3.63) is 0 Å². The molecule has 0 aromatic heterocycles. The van der Waals surface area contributed by atoms with E-state index in [1.165, 1.54) is 0 Å². The number of rotatable bonds is 1. The molecular formula is C13H24N2O. The number of ketones is 1. The molecule has 0 bridgehead atoms. The highest BCUT2D eigenvalue weighted by Crippen LogP contribution is 2.23. The van der Waals surface area contributed by atoms with E-state index in [1.807, 2.05) is 0 Å². The molecule has 1 aliphatic carbocycles. The van der Waals surface area contributed by atoms with Gasteiger partial charge in [0.15, 0.2) is 0 Å². The fourth-order valence-electron chi connectivity index (χ4n) is 2.86. The summed E-state index contributed by atoms with van der Waals surface area (Å²) in [5.41, 5.74) is 0.289. The Bertz CT molecular complexity index is 262. The molecule has 3 nitrogen and oxygen atoms in total. The Morgan fingerprint density at radius 2 is 1.75 bits per heavy atom. The quantitative estimate of drug-likeness (QED) is 0.675. The van der Waals surface area contributed by atoms with Gasteiger partial charge in [-0.15, -0.1) is 0 Å². The van der Waals surface area contributed by atoms with Gasteiger partial charge in [-0.2, -0.15) is 0 Å². The van der Waals surface area contributed by atoms with Crippen LogP contribution in [0.3, 0.4) is 0 Å². The molecule has 0 aromatic rings. The van der Waals surface area contributed by atoms with E-state index in [0.717, 1.165) is 45.4 Å². The van der Waals surface area contributed by atoms with Gasteiger partial charge in [-0.1, -0.05) is 0 Å². The van der Waals surface area contributed by atoms with Gasteiger partial charge in [0, 0.05) is 50.6 Å². The van der Waals surface area contributed by atoms with Crippen molar-refractivity contribution in [3.8, 4) is 0 Å². The molecule has 1 saturated heterocycles. The zero-order valence-electron chi connectivity index (χ0n) is 10.8. The van der Waals surface area contributed by atoms with Crippen molar-refractivity contribution in [1.82, 2.24) is 9.80 Å². The number of Topliss-reactive ketones (excluding diaryl/α,β-unsaturated/α-hetero) is 1. The van der Waals surface area contributed by atoms with Crippen LogP contribution in [0, 0.1) is 0 Å². The number of nitrogens with zero attached hydrogens (tertiary/aromatic N) is 2. The van der Waals surface area contributed by atoms with Crippen LogP contribution in [0.15, 0.2) is 0 Å². The number of hydrogen-bond donors (Lipinski definition) is 0. The topological polar surface area (TPSA) is 23.6 Å². The summed E-state index contributed by atoms with van der Waals surface area (Å²) in [6.07, 6.45) is 2.70. The van der Waals surface area contributed by atoms with Gasteiger partial charge >= 0.3 is 0 Å².